The molecule has 0 atom stereocenters. The molecule has 0 bridgehead atoms. The highest BCUT2D eigenvalue weighted by molar-refractivity contribution is 8.00. The van der Waals surface area contributed by atoms with Crippen molar-refractivity contribution in [3.05, 3.63) is 82.7 Å². The Morgan fingerprint density at radius 1 is 1.24 bits per heavy atom. The van der Waals surface area contributed by atoms with E-state index in [1.54, 1.807) is 43.2 Å². The third-order valence-electron chi connectivity index (χ3n) is 6.62. The highest BCUT2D eigenvalue weighted by Gasteiger charge is 2.37. The molecule has 0 radical (unpaired) electrons. The number of amides is 1. The monoisotopic (exact) mass is 555 g/mol. The zero-order valence-corrected chi connectivity index (χ0v) is 23.9. The molecule has 0 aliphatic carbocycles. The van der Waals surface area contributed by atoms with Gasteiger partial charge in [0.05, 0.1) is 16.2 Å². The Labute approximate surface area is 234 Å². The van der Waals surface area contributed by atoms with Gasteiger partial charge in [-0.15, -0.1) is 0 Å². The van der Waals surface area contributed by atoms with Crippen molar-refractivity contribution < 1.29 is 14.3 Å². The first-order chi connectivity index (χ1) is 18.1. The molecule has 1 amide bonds. The summed E-state index contributed by atoms with van der Waals surface area (Å²) in [5.41, 5.74) is 2.71. The van der Waals surface area contributed by atoms with Gasteiger partial charge in [0.2, 0.25) is 0 Å². The van der Waals surface area contributed by atoms with E-state index in [1.807, 2.05) is 38.1 Å². The molecule has 0 spiro atoms. The molecule has 2 N–H and O–H groups in total. The number of nitrogens with one attached hydrogen (secondary N) is 1. The van der Waals surface area contributed by atoms with E-state index in [9.17, 15) is 14.3 Å². The highest BCUT2D eigenvalue weighted by atomic mass is 35.5. The lowest BCUT2D eigenvalue weighted by molar-refractivity contribution is 0.0128. The minimum Gasteiger partial charge on any atom is -0.385 e. The minimum atomic E-state index is -1.04. The first kappa shape index (κ1) is 29.7. The highest BCUT2D eigenvalue weighted by Crippen LogP contribution is 2.39. The Hall–Kier alpha value is -2.87. The van der Waals surface area contributed by atoms with Gasteiger partial charge in [-0.05, 0) is 99.5 Å². The molecule has 3 rings (SSSR count). The molecule has 1 aliphatic heterocycles. The van der Waals surface area contributed by atoms with Gasteiger partial charge in [-0.1, -0.05) is 37.3 Å². The maximum absolute atomic E-state index is 14.6. The number of rotatable bonds is 9. The van der Waals surface area contributed by atoms with Crippen molar-refractivity contribution in [1.29, 1.82) is 0 Å². The summed E-state index contributed by atoms with van der Waals surface area (Å²) in [5.74, 6) is -0.418. The molecule has 2 aromatic carbocycles. The predicted octanol–water partition coefficient (Wildman–Crippen LogP) is 8.15. The Morgan fingerprint density at radius 3 is 2.45 bits per heavy atom. The Bertz CT molecular complexity index is 1260. The number of allylic oxidation sites excluding steroid dienone is 3. The summed E-state index contributed by atoms with van der Waals surface area (Å²) in [5, 5.41) is 11.7. The lowest BCUT2D eigenvalue weighted by Crippen LogP contribution is -2.47. The second-order valence-electron chi connectivity index (χ2n) is 9.17. The number of aliphatic imine (C=N–C) groups is 1. The Kier molecular flexibility index (Phi) is 10.4. The summed E-state index contributed by atoms with van der Waals surface area (Å²) >= 11 is 7.56. The van der Waals surface area contributed by atoms with E-state index in [4.69, 9.17) is 11.6 Å². The van der Waals surface area contributed by atoms with Gasteiger partial charge in [-0.25, -0.2) is 4.39 Å². The number of piperidine rings is 1. The largest absolute Gasteiger partial charge is 0.385 e. The van der Waals surface area contributed by atoms with Crippen LogP contribution in [0.25, 0.3) is 5.57 Å². The molecule has 0 saturated carbocycles. The van der Waals surface area contributed by atoms with Gasteiger partial charge in [0.1, 0.15) is 5.82 Å². The lowest BCUT2D eigenvalue weighted by atomic mass is 9.83. The van der Waals surface area contributed by atoms with Crippen LogP contribution < -0.4 is 4.72 Å². The fraction of sp³-hybridized carbons (Fsp3) is 0.333. The van der Waals surface area contributed by atoms with E-state index in [0.717, 1.165) is 10.6 Å². The molecular formula is C30H35ClFN3O2S. The van der Waals surface area contributed by atoms with Gasteiger partial charge in [0.15, 0.2) is 0 Å². The first-order valence-corrected chi connectivity index (χ1v) is 13.9. The van der Waals surface area contributed by atoms with E-state index < -0.39 is 5.60 Å². The van der Waals surface area contributed by atoms with Crippen LogP contribution >= 0.6 is 23.5 Å². The zero-order valence-electron chi connectivity index (χ0n) is 22.4. The van der Waals surface area contributed by atoms with Crippen LogP contribution in [0.3, 0.4) is 0 Å². The Morgan fingerprint density at radius 2 is 1.89 bits per heavy atom. The van der Waals surface area contributed by atoms with E-state index in [1.165, 1.54) is 18.0 Å². The number of halogens is 2. The summed E-state index contributed by atoms with van der Waals surface area (Å²) < 4.78 is 17.8. The molecular weight excluding hydrogens is 521 g/mol. The number of aliphatic hydroxyl groups is 1. The molecule has 8 heteroatoms. The van der Waals surface area contributed by atoms with Crippen molar-refractivity contribution in [2.75, 3.05) is 17.8 Å². The SMILES string of the molecule is C=C(CC)c1c(F)ccc(SNc2ccc(C(=O)N3CCC(O)(C(C=CC)=C(C)Cl)CC3)cc2)c1N=CC. The van der Waals surface area contributed by atoms with Gasteiger partial charge < -0.3 is 14.7 Å². The average molecular weight is 556 g/mol. The van der Waals surface area contributed by atoms with Crippen LogP contribution in [0.2, 0.25) is 0 Å². The number of carbonyl (C=O) groups is 1. The van der Waals surface area contributed by atoms with E-state index >= 15 is 0 Å². The number of benzene rings is 2. The van der Waals surface area contributed by atoms with Crippen molar-refractivity contribution in [1.82, 2.24) is 4.90 Å². The molecule has 1 saturated heterocycles. The standard InChI is InChI=1S/C30H35ClFN3O2S/c1-6-9-24(21(5)31)30(37)16-18-35(19-17-30)29(36)22-10-12-23(13-11-22)34-38-26-15-14-25(32)27(20(4)7-2)28(26)33-8-3/h6,8-15,34,37H,4,7,16-19H2,1-3,5H3. The van der Waals surface area contributed by atoms with Gasteiger partial charge in [-0.2, -0.15) is 0 Å². The fourth-order valence-electron chi connectivity index (χ4n) is 4.48. The maximum atomic E-state index is 14.6. The third-order valence-corrected chi connectivity index (χ3v) is 7.71. The first-order valence-electron chi connectivity index (χ1n) is 12.7. The molecule has 1 heterocycles. The van der Waals surface area contributed by atoms with Crippen molar-refractivity contribution in [3.63, 3.8) is 0 Å². The number of carbonyl (C=O) groups excluding carboxylic acids is 1. The van der Waals surface area contributed by atoms with Crippen LogP contribution in [0.1, 0.15) is 62.9 Å². The summed E-state index contributed by atoms with van der Waals surface area (Å²) in [4.78, 5) is 20.1. The maximum Gasteiger partial charge on any atom is 0.253 e. The molecule has 1 fully saturated rings. The van der Waals surface area contributed by atoms with Crippen LogP contribution in [-0.2, 0) is 0 Å². The van der Waals surface area contributed by atoms with Crippen LogP contribution in [0.5, 0.6) is 0 Å². The van der Waals surface area contributed by atoms with E-state index in [-0.39, 0.29) is 11.7 Å². The smallest absolute Gasteiger partial charge is 0.253 e. The van der Waals surface area contributed by atoms with Crippen molar-refractivity contribution in [2.24, 2.45) is 4.99 Å². The Balaban J connectivity index is 1.68. The van der Waals surface area contributed by atoms with Gasteiger partial charge in [0, 0.05) is 41.2 Å². The van der Waals surface area contributed by atoms with Crippen LogP contribution in [-0.4, -0.2) is 40.8 Å². The molecule has 0 unspecified atom stereocenters. The lowest BCUT2D eigenvalue weighted by Gasteiger charge is -2.39. The zero-order chi connectivity index (χ0) is 27.9. The van der Waals surface area contributed by atoms with Crippen LogP contribution in [0, 0.1) is 5.82 Å². The quantitative estimate of drug-likeness (QED) is 0.186. The number of nitrogens with zero attached hydrogens (tertiary/aromatic N) is 2. The summed E-state index contributed by atoms with van der Waals surface area (Å²) in [6.07, 6.45) is 6.81. The number of hydrogen-bond acceptors (Lipinski definition) is 5. The number of anilines is 1. The van der Waals surface area contributed by atoms with Gasteiger partial charge in [0.25, 0.3) is 5.91 Å². The normalized spacial score (nSPS) is 16.1. The molecule has 1 aliphatic rings. The van der Waals surface area contributed by atoms with Crippen molar-refractivity contribution in [2.45, 2.75) is 57.5 Å². The topological polar surface area (TPSA) is 64.9 Å². The molecule has 38 heavy (non-hydrogen) atoms. The summed E-state index contributed by atoms with van der Waals surface area (Å²) in [6.45, 7) is 12.3. The fourth-order valence-corrected chi connectivity index (χ4v) is 5.47. The third kappa shape index (κ3) is 6.76. The second kappa shape index (κ2) is 13.3. The van der Waals surface area contributed by atoms with E-state index in [0.29, 0.717) is 65.3 Å². The molecule has 2 aromatic rings. The van der Waals surface area contributed by atoms with Gasteiger partial charge in [-0.3, -0.25) is 9.79 Å². The number of hydrogen-bond donors (Lipinski definition) is 2. The van der Waals surface area contributed by atoms with Crippen molar-refractivity contribution in [3.8, 4) is 0 Å². The molecule has 0 aromatic heterocycles. The van der Waals surface area contributed by atoms with E-state index in [2.05, 4.69) is 16.3 Å². The van der Waals surface area contributed by atoms with Crippen molar-refractivity contribution >= 4 is 52.6 Å². The minimum absolute atomic E-state index is 0.0776. The van der Waals surface area contributed by atoms with Crippen LogP contribution in [0.15, 0.2) is 75.6 Å². The predicted molar refractivity (Wildman–Crippen MR) is 159 cm³/mol. The molecule has 5 nitrogen and oxygen atoms in total. The molecule has 202 valence electrons. The number of likely N-dealkylation sites (tertiary alicyclic amines) is 1. The van der Waals surface area contributed by atoms with Gasteiger partial charge >= 0.3 is 0 Å². The van der Waals surface area contributed by atoms with Crippen LogP contribution in [0.4, 0.5) is 15.8 Å². The average Bonchev–Trinajstić information content (AvgIpc) is 2.91. The summed E-state index contributed by atoms with van der Waals surface area (Å²) in [6, 6.07) is 10.4. The summed E-state index contributed by atoms with van der Waals surface area (Å²) in [7, 11) is 0. The second-order valence-corrected chi connectivity index (χ2v) is 10.6.